The van der Waals surface area contributed by atoms with E-state index in [9.17, 15) is 14.9 Å². The quantitative estimate of drug-likeness (QED) is 0.612. The lowest BCUT2D eigenvalue weighted by molar-refractivity contribution is -0.384. The predicted octanol–water partition coefficient (Wildman–Crippen LogP) is 1.09. The first-order valence-corrected chi connectivity index (χ1v) is 5.47. The van der Waals surface area contributed by atoms with E-state index in [0.717, 1.165) is 12.1 Å². The van der Waals surface area contributed by atoms with Gasteiger partial charge in [0.1, 0.15) is 0 Å². The largest absolute Gasteiger partial charge is 0.477 e. The number of aromatic nitrogens is 3. The fourth-order valence-corrected chi connectivity index (χ4v) is 1.45. The van der Waals surface area contributed by atoms with Crippen LogP contribution in [0.25, 0.3) is 0 Å². The number of nitro groups is 1. The van der Waals surface area contributed by atoms with E-state index in [4.69, 9.17) is 5.11 Å². The third kappa shape index (κ3) is 3.02. The molecule has 2 N–H and O–H groups in total. The van der Waals surface area contributed by atoms with Crippen molar-refractivity contribution in [2.75, 3.05) is 5.32 Å². The molecule has 102 valence electrons. The highest BCUT2D eigenvalue weighted by Crippen LogP contribution is 2.22. The zero-order valence-electron chi connectivity index (χ0n) is 10.1. The second kappa shape index (κ2) is 5.69. The fourth-order valence-electron chi connectivity index (χ4n) is 1.45. The van der Waals surface area contributed by atoms with Crippen LogP contribution in [0, 0.1) is 10.1 Å². The molecule has 9 heteroatoms. The SMILES string of the molecule is O=C(O)c1ccc([N+](=O)[O-])c(NCc2cccnn2)n1. The van der Waals surface area contributed by atoms with Crippen molar-refractivity contribution >= 4 is 17.5 Å². The summed E-state index contributed by atoms with van der Waals surface area (Å²) in [6.45, 7) is 0.144. The molecule has 0 bridgehead atoms. The molecule has 0 radical (unpaired) electrons. The van der Waals surface area contributed by atoms with Gasteiger partial charge in [-0.3, -0.25) is 10.1 Å². The van der Waals surface area contributed by atoms with Crippen molar-refractivity contribution in [3.8, 4) is 0 Å². The van der Waals surface area contributed by atoms with E-state index >= 15 is 0 Å². The number of carbonyl (C=O) groups is 1. The number of anilines is 1. The summed E-state index contributed by atoms with van der Waals surface area (Å²) in [7, 11) is 0. The molecule has 0 amide bonds. The topological polar surface area (TPSA) is 131 Å². The fraction of sp³-hybridized carbons (Fsp3) is 0.0909. The Bertz CT molecular complexity index is 647. The first-order chi connectivity index (χ1) is 9.58. The molecule has 0 aromatic carbocycles. The Morgan fingerprint density at radius 2 is 2.20 bits per heavy atom. The van der Waals surface area contributed by atoms with Crippen molar-refractivity contribution < 1.29 is 14.8 Å². The van der Waals surface area contributed by atoms with Crippen molar-refractivity contribution in [1.29, 1.82) is 0 Å². The summed E-state index contributed by atoms with van der Waals surface area (Å²) in [4.78, 5) is 24.8. The van der Waals surface area contributed by atoms with Crippen LogP contribution in [0.5, 0.6) is 0 Å². The van der Waals surface area contributed by atoms with E-state index in [2.05, 4.69) is 20.5 Å². The highest BCUT2D eigenvalue weighted by Gasteiger charge is 2.18. The van der Waals surface area contributed by atoms with Gasteiger partial charge in [0.25, 0.3) is 0 Å². The van der Waals surface area contributed by atoms with Crippen LogP contribution in [-0.4, -0.2) is 31.2 Å². The highest BCUT2D eigenvalue weighted by atomic mass is 16.6. The van der Waals surface area contributed by atoms with Gasteiger partial charge in [0.2, 0.25) is 5.82 Å². The van der Waals surface area contributed by atoms with E-state index in [1.807, 2.05) is 0 Å². The third-order valence-corrected chi connectivity index (χ3v) is 2.35. The average Bonchev–Trinajstić information content (AvgIpc) is 2.45. The molecule has 0 unspecified atom stereocenters. The Kier molecular flexibility index (Phi) is 3.80. The zero-order valence-corrected chi connectivity index (χ0v) is 10.1. The molecule has 0 saturated carbocycles. The van der Waals surface area contributed by atoms with Crippen LogP contribution >= 0.6 is 0 Å². The maximum Gasteiger partial charge on any atom is 0.354 e. The molecule has 2 rings (SSSR count). The van der Waals surface area contributed by atoms with Gasteiger partial charge >= 0.3 is 11.7 Å². The maximum absolute atomic E-state index is 10.9. The first kappa shape index (κ1) is 13.3. The summed E-state index contributed by atoms with van der Waals surface area (Å²) in [5.41, 5.74) is -0.0412. The van der Waals surface area contributed by atoms with E-state index < -0.39 is 10.9 Å². The monoisotopic (exact) mass is 275 g/mol. The summed E-state index contributed by atoms with van der Waals surface area (Å²) in [5, 5.41) is 29.9. The Morgan fingerprint density at radius 1 is 1.40 bits per heavy atom. The molecule has 0 fully saturated rings. The van der Waals surface area contributed by atoms with E-state index in [0.29, 0.717) is 5.69 Å². The van der Waals surface area contributed by atoms with Crippen molar-refractivity contribution in [3.63, 3.8) is 0 Å². The van der Waals surface area contributed by atoms with Gasteiger partial charge in [-0.1, -0.05) is 0 Å². The maximum atomic E-state index is 10.9. The Balaban J connectivity index is 2.26. The second-order valence-electron chi connectivity index (χ2n) is 3.70. The normalized spacial score (nSPS) is 10.0. The number of nitrogens with zero attached hydrogens (tertiary/aromatic N) is 4. The van der Waals surface area contributed by atoms with Crippen LogP contribution in [0.3, 0.4) is 0 Å². The number of rotatable bonds is 5. The Labute approximate surface area is 112 Å². The molecule has 0 saturated heterocycles. The number of aromatic carboxylic acids is 1. The molecule has 9 nitrogen and oxygen atoms in total. The average molecular weight is 275 g/mol. The van der Waals surface area contributed by atoms with Crippen LogP contribution in [0.2, 0.25) is 0 Å². The zero-order chi connectivity index (χ0) is 14.5. The second-order valence-corrected chi connectivity index (χ2v) is 3.70. The summed E-state index contributed by atoms with van der Waals surface area (Å²) >= 11 is 0. The standard InChI is InChI=1S/C11H9N5O4/c17-11(18)8-3-4-9(16(19)20)10(14-8)12-6-7-2-1-5-13-15-7/h1-5H,6H2,(H,12,14)(H,17,18). The van der Waals surface area contributed by atoms with Gasteiger partial charge in [-0.05, 0) is 18.2 Å². The smallest absolute Gasteiger partial charge is 0.354 e. The predicted molar refractivity (Wildman–Crippen MR) is 67.2 cm³/mol. The van der Waals surface area contributed by atoms with E-state index in [-0.39, 0.29) is 23.7 Å². The van der Waals surface area contributed by atoms with Crippen LogP contribution in [0.1, 0.15) is 16.2 Å². The lowest BCUT2D eigenvalue weighted by Crippen LogP contribution is -2.09. The van der Waals surface area contributed by atoms with Gasteiger partial charge in [0.15, 0.2) is 5.69 Å². The van der Waals surface area contributed by atoms with E-state index in [1.54, 1.807) is 12.1 Å². The molecule has 2 aromatic rings. The lowest BCUT2D eigenvalue weighted by atomic mass is 10.3. The summed E-state index contributed by atoms with van der Waals surface area (Å²) in [6.07, 6.45) is 1.50. The number of hydrogen-bond acceptors (Lipinski definition) is 7. The van der Waals surface area contributed by atoms with Gasteiger partial charge in [-0.2, -0.15) is 10.2 Å². The molecule has 2 heterocycles. The Hall–Kier alpha value is -3.10. The van der Waals surface area contributed by atoms with Crippen molar-refractivity contribution in [2.24, 2.45) is 0 Å². The summed E-state index contributed by atoms with van der Waals surface area (Å²) in [6, 6.07) is 5.51. The number of carboxylic acid groups (broad SMARTS) is 1. The minimum atomic E-state index is -1.26. The molecular formula is C11H9N5O4. The van der Waals surface area contributed by atoms with Crippen molar-refractivity contribution in [2.45, 2.75) is 6.54 Å². The molecule has 0 aliphatic heterocycles. The minimum absolute atomic E-state index is 0.124. The van der Waals surface area contributed by atoms with Gasteiger partial charge in [-0.25, -0.2) is 9.78 Å². The van der Waals surface area contributed by atoms with Gasteiger partial charge in [0, 0.05) is 12.3 Å². The molecule has 0 spiro atoms. The molecular weight excluding hydrogens is 266 g/mol. The van der Waals surface area contributed by atoms with Crippen LogP contribution in [0.15, 0.2) is 30.5 Å². The number of nitrogens with one attached hydrogen (secondary N) is 1. The van der Waals surface area contributed by atoms with Crippen molar-refractivity contribution in [1.82, 2.24) is 15.2 Å². The molecule has 20 heavy (non-hydrogen) atoms. The summed E-state index contributed by atoms with van der Waals surface area (Å²) < 4.78 is 0. The van der Waals surface area contributed by atoms with Crippen molar-refractivity contribution in [3.05, 3.63) is 52.0 Å². The minimum Gasteiger partial charge on any atom is -0.477 e. The summed E-state index contributed by atoms with van der Waals surface area (Å²) in [5.74, 6) is -1.39. The number of pyridine rings is 1. The molecule has 0 aliphatic rings. The van der Waals surface area contributed by atoms with Gasteiger partial charge in [0.05, 0.1) is 17.2 Å². The molecule has 0 atom stereocenters. The number of carboxylic acids is 1. The van der Waals surface area contributed by atoms with Gasteiger partial charge in [-0.15, -0.1) is 0 Å². The van der Waals surface area contributed by atoms with E-state index in [1.165, 1.54) is 6.20 Å². The third-order valence-electron chi connectivity index (χ3n) is 2.35. The molecule has 0 aliphatic carbocycles. The Morgan fingerprint density at radius 3 is 2.80 bits per heavy atom. The molecule has 2 aromatic heterocycles. The highest BCUT2D eigenvalue weighted by molar-refractivity contribution is 5.86. The lowest BCUT2D eigenvalue weighted by Gasteiger charge is -2.06. The number of hydrogen-bond donors (Lipinski definition) is 2. The van der Waals surface area contributed by atoms with Crippen LogP contribution in [0.4, 0.5) is 11.5 Å². The first-order valence-electron chi connectivity index (χ1n) is 5.47. The van der Waals surface area contributed by atoms with Crippen LogP contribution < -0.4 is 5.32 Å². The van der Waals surface area contributed by atoms with Crippen LogP contribution in [-0.2, 0) is 6.54 Å². The van der Waals surface area contributed by atoms with Gasteiger partial charge < -0.3 is 10.4 Å².